The number of hydrogen-bond donors (Lipinski definition) is 1. The lowest BCUT2D eigenvalue weighted by Crippen LogP contribution is -2.10. The Labute approximate surface area is 104 Å². The highest BCUT2D eigenvalue weighted by atomic mass is 35.5. The van der Waals surface area contributed by atoms with Crippen LogP contribution in [-0.4, -0.2) is 9.67 Å². The Balaban J connectivity index is 2.85. The van der Waals surface area contributed by atoms with Crippen LogP contribution in [0.25, 0.3) is 0 Å². The third-order valence-electron chi connectivity index (χ3n) is 1.57. The molecule has 88 valence electrons. The second-order valence-electron chi connectivity index (χ2n) is 4.27. The molecule has 0 amide bonds. The van der Waals surface area contributed by atoms with Crippen LogP contribution < -0.4 is 4.72 Å². The van der Waals surface area contributed by atoms with Crippen molar-refractivity contribution < 1.29 is 4.92 Å². The molecule has 6 heteroatoms. The van der Waals surface area contributed by atoms with Crippen LogP contribution in [0.3, 0.4) is 0 Å². The highest BCUT2D eigenvalue weighted by Gasteiger charge is 2.13. The van der Waals surface area contributed by atoms with Gasteiger partial charge in [0, 0.05) is 21.9 Å². The van der Waals surface area contributed by atoms with Crippen LogP contribution in [0.15, 0.2) is 18.2 Å². The van der Waals surface area contributed by atoms with Gasteiger partial charge in [-0.1, -0.05) is 11.6 Å². The number of rotatable bonds is 3. The second kappa shape index (κ2) is 4.93. The molecule has 0 saturated heterocycles. The first kappa shape index (κ1) is 13.1. The average molecular weight is 261 g/mol. The zero-order valence-electron chi connectivity index (χ0n) is 9.28. The van der Waals surface area contributed by atoms with Crippen molar-refractivity contribution in [3.63, 3.8) is 0 Å². The predicted octanol–water partition coefficient (Wildman–Crippen LogP) is 4.11. The first-order valence-corrected chi connectivity index (χ1v) is 5.86. The molecule has 0 saturated carbocycles. The Kier molecular flexibility index (Phi) is 4.04. The van der Waals surface area contributed by atoms with E-state index in [4.69, 9.17) is 11.6 Å². The molecule has 1 aromatic rings. The summed E-state index contributed by atoms with van der Waals surface area (Å²) in [5.74, 6) is 0. The number of hydrogen-bond acceptors (Lipinski definition) is 4. The number of nitro groups is 1. The topological polar surface area (TPSA) is 55.2 Å². The van der Waals surface area contributed by atoms with E-state index < -0.39 is 4.92 Å². The summed E-state index contributed by atoms with van der Waals surface area (Å²) in [4.78, 5) is 10.2. The van der Waals surface area contributed by atoms with Crippen molar-refractivity contribution in [1.29, 1.82) is 0 Å². The van der Waals surface area contributed by atoms with E-state index in [0.717, 1.165) is 0 Å². The molecule has 1 rings (SSSR count). The van der Waals surface area contributed by atoms with Gasteiger partial charge in [0.25, 0.3) is 5.69 Å². The van der Waals surface area contributed by atoms with Crippen LogP contribution in [0.1, 0.15) is 20.8 Å². The van der Waals surface area contributed by atoms with E-state index in [0.29, 0.717) is 10.7 Å². The van der Waals surface area contributed by atoms with E-state index in [9.17, 15) is 10.1 Å². The minimum absolute atomic E-state index is 0.00971. The molecule has 0 fully saturated rings. The maximum absolute atomic E-state index is 10.6. The Bertz CT molecular complexity index is 404. The molecule has 4 nitrogen and oxygen atoms in total. The molecule has 0 radical (unpaired) electrons. The highest BCUT2D eigenvalue weighted by Crippen LogP contribution is 2.29. The van der Waals surface area contributed by atoms with Crippen molar-refractivity contribution in [3.8, 4) is 0 Å². The van der Waals surface area contributed by atoms with E-state index in [2.05, 4.69) is 4.72 Å². The monoisotopic (exact) mass is 260 g/mol. The van der Waals surface area contributed by atoms with Crippen LogP contribution in [0.5, 0.6) is 0 Å². The quantitative estimate of drug-likeness (QED) is 0.505. The van der Waals surface area contributed by atoms with Crippen molar-refractivity contribution in [2.24, 2.45) is 0 Å². The van der Waals surface area contributed by atoms with E-state index in [1.807, 2.05) is 20.8 Å². The van der Waals surface area contributed by atoms with Gasteiger partial charge in [-0.2, -0.15) is 0 Å². The van der Waals surface area contributed by atoms with Crippen LogP contribution in [0.4, 0.5) is 11.4 Å². The molecule has 0 aromatic heterocycles. The van der Waals surface area contributed by atoms with E-state index in [-0.39, 0.29) is 10.4 Å². The molecule has 0 spiro atoms. The lowest BCUT2D eigenvalue weighted by atomic mass is 10.3. The van der Waals surface area contributed by atoms with Crippen LogP contribution in [0.2, 0.25) is 5.02 Å². The molecule has 0 unspecified atom stereocenters. The van der Waals surface area contributed by atoms with Gasteiger partial charge in [-0.15, -0.1) is 0 Å². The number of anilines is 1. The third kappa shape index (κ3) is 4.28. The maximum atomic E-state index is 10.6. The fourth-order valence-electron chi connectivity index (χ4n) is 0.951. The van der Waals surface area contributed by atoms with Gasteiger partial charge < -0.3 is 4.72 Å². The van der Waals surface area contributed by atoms with Gasteiger partial charge in [0.05, 0.1) is 10.6 Å². The minimum Gasteiger partial charge on any atom is -0.329 e. The summed E-state index contributed by atoms with van der Waals surface area (Å²) in [6, 6.07) is 4.45. The molecular weight excluding hydrogens is 248 g/mol. The lowest BCUT2D eigenvalue weighted by Gasteiger charge is -2.18. The molecule has 0 heterocycles. The van der Waals surface area contributed by atoms with Gasteiger partial charge in [0.15, 0.2) is 0 Å². The molecular formula is C10H13ClN2O2S. The van der Waals surface area contributed by atoms with Gasteiger partial charge >= 0.3 is 0 Å². The van der Waals surface area contributed by atoms with Crippen LogP contribution in [-0.2, 0) is 0 Å². The maximum Gasteiger partial charge on any atom is 0.273 e. The summed E-state index contributed by atoms with van der Waals surface area (Å²) in [6.07, 6.45) is 0. The smallest absolute Gasteiger partial charge is 0.273 e. The van der Waals surface area contributed by atoms with Gasteiger partial charge in [0.2, 0.25) is 0 Å². The molecule has 1 N–H and O–H groups in total. The van der Waals surface area contributed by atoms with Crippen LogP contribution >= 0.6 is 23.5 Å². The number of non-ortho nitro benzene ring substituents is 1. The zero-order chi connectivity index (χ0) is 12.3. The van der Waals surface area contributed by atoms with Crippen molar-refractivity contribution >= 4 is 34.9 Å². The van der Waals surface area contributed by atoms with Crippen molar-refractivity contribution in [2.75, 3.05) is 4.72 Å². The molecule has 1 aromatic carbocycles. The summed E-state index contributed by atoms with van der Waals surface area (Å²) in [7, 11) is 0. The van der Waals surface area contributed by atoms with Crippen molar-refractivity contribution in [1.82, 2.24) is 0 Å². The zero-order valence-corrected chi connectivity index (χ0v) is 10.9. The Morgan fingerprint density at radius 3 is 2.50 bits per heavy atom. The summed E-state index contributed by atoms with van der Waals surface area (Å²) in [5, 5.41) is 11.0. The van der Waals surface area contributed by atoms with Crippen molar-refractivity contribution in [3.05, 3.63) is 33.3 Å². The van der Waals surface area contributed by atoms with Crippen molar-refractivity contribution in [2.45, 2.75) is 25.5 Å². The molecule has 16 heavy (non-hydrogen) atoms. The van der Waals surface area contributed by atoms with Gasteiger partial charge in [-0.25, -0.2) is 0 Å². The largest absolute Gasteiger partial charge is 0.329 e. The molecule has 0 bridgehead atoms. The number of nitrogens with zero attached hydrogens (tertiary/aromatic N) is 1. The normalized spacial score (nSPS) is 11.2. The average Bonchev–Trinajstić information content (AvgIpc) is 2.13. The molecule has 0 atom stereocenters. The first-order chi connectivity index (χ1) is 7.28. The Morgan fingerprint density at radius 1 is 1.38 bits per heavy atom. The molecule has 0 aliphatic carbocycles. The number of nitro benzene ring substituents is 1. The predicted molar refractivity (Wildman–Crippen MR) is 69.1 cm³/mol. The first-order valence-electron chi connectivity index (χ1n) is 4.67. The summed E-state index contributed by atoms with van der Waals surface area (Å²) in [5.41, 5.74) is 0.628. The minimum atomic E-state index is -0.460. The number of benzene rings is 1. The van der Waals surface area contributed by atoms with E-state index in [1.165, 1.54) is 24.1 Å². The lowest BCUT2D eigenvalue weighted by molar-refractivity contribution is -0.384. The standard InChI is InChI=1S/C10H13ClN2O2S/c1-10(2,3)16-12-8-4-7(11)5-9(6-8)13(14)15/h4-6,12H,1-3H3. The summed E-state index contributed by atoms with van der Waals surface area (Å²) >= 11 is 7.27. The number of halogens is 1. The highest BCUT2D eigenvalue weighted by molar-refractivity contribution is 8.01. The van der Waals surface area contributed by atoms with Gasteiger partial charge in [-0.3, -0.25) is 10.1 Å². The fourth-order valence-corrected chi connectivity index (χ4v) is 1.72. The second-order valence-corrected chi connectivity index (χ2v) is 6.34. The van der Waals surface area contributed by atoms with E-state index in [1.54, 1.807) is 6.07 Å². The van der Waals surface area contributed by atoms with E-state index >= 15 is 0 Å². The Morgan fingerprint density at radius 2 is 2.00 bits per heavy atom. The SMILES string of the molecule is CC(C)(C)SNc1cc(Cl)cc([N+](=O)[O-])c1. The molecule has 0 aliphatic heterocycles. The Hall–Kier alpha value is -0.940. The fraction of sp³-hybridized carbons (Fsp3) is 0.400. The number of nitrogens with one attached hydrogen (secondary N) is 1. The summed E-state index contributed by atoms with van der Waals surface area (Å²) in [6.45, 7) is 6.14. The van der Waals surface area contributed by atoms with Gasteiger partial charge in [0.1, 0.15) is 0 Å². The third-order valence-corrected chi connectivity index (χ3v) is 2.74. The van der Waals surface area contributed by atoms with Gasteiger partial charge in [-0.05, 0) is 38.8 Å². The van der Waals surface area contributed by atoms with Crippen LogP contribution in [0, 0.1) is 10.1 Å². The molecule has 0 aliphatic rings. The summed E-state index contributed by atoms with van der Waals surface area (Å²) < 4.78 is 3.07.